The zero-order chi connectivity index (χ0) is 12.7. The minimum Gasteiger partial charge on any atom is -0.269 e. The van der Waals surface area contributed by atoms with E-state index >= 15 is 0 Å². The van der Waals surface area contributed by atoms with Gasteiger partial charge in [-0.15, -0.1) is 0 Å². The highest BCUT2D eigenvalue weighted by atomic mass is 32.2. The van der Waals surface area contributed by atoms with Crippen molar-refractivity contribution in [2.75, 3.05) is 16.6 Å². The van der Waals surface area contributed by atoms with Gasteiger partial charge in [0.15, 0.2) is 0 Å². The largest absolute Gasteiger partial charge is 0.269 e. The molecule has 1 aromatic rings. The fourth-order valence-corrected chi connectivity index (χ4v) is 3.09. The van der Waals surface area contributed by atoms with Crippen LogP contribution in [0.25, 0.3) is 0 Å². The van der Waals surface area contributed by atoms with E-state index in [1.165, 1.54) is 4.31 Å². The van der Waals surface area contributed by atoms with E-state index in [1.807, 2.05) is 19.1 Å². The van der Waals surface area contributed by atoms with Gasteiger partial charge in [0.05, 0.1) is 23.9 Å². The molecule has 0 saturated heterocycles. The Morgan fingerprint density at radius 1 is 1.29 bits per heavy atom. The zero-order valence-corrected chi connectivity index (χ0v) is 10.7. The molecule has 92 valence electrons. The molecular formula is C12H16N2O2S. The van der Waals surface area contributed by atoms with E-state index in [0.29, 0.717) is 12.1 Å². The molecule has 0 aliphatic carbocycles. The standard InChI is InChI=1S/C12H16N2O2S/c1-2-11-17(15,16)14(10-6-9-13)12-7-4-3-5-8-12/h3-5,7-8H,2,6,10-11H2,1H3. The van der Waals surface area contributed by atoms with Gasteiger partial charge in [0, 0.05) is 6.54 Å². The van der Waals surface area contributed by atoms with Crippen LogP contribution in [0.3, 0.4) is 0 Å². The summed E-state index contributed by atoms with van der Waals surface area (Å²) in [6.07, 6.45) is 0.760. The molecule has 1 rings (SSSR count). The second kappa shape index (κ2) is 6.26. The average Bonchev–Trinajstić information content (AvgIpc) is 2.30. The number of benzene rings is 1. The van der Waals surface area contributed by atoms with Gasteiger partial charge in [0.1, 0.15) is 0 Å². The number of sulfonamides is 1. The van der Waals surface area contributed by atoms with Crippen molar-refractivity contribution in [3.8, 4) is 6.07 Å². The molecule has 0 fully saturated rings. The van der Waals surface area contributed by atoms with Crippen LogP contribution in [0.2, 0.25) is 0 Å². The summed E-state index contributed by atoms with van der Waals surface area (Å²) in [5.41, 5.74) is 0.621. The predicted octanol–water partition coefficient (Wildman–Crippen LogP) is 2.15. The van der Waals surface area contributed by atoms with Gasteiger partial charge in [-0.3, -0.25) is 4.31 Å². The van der Waals surface area contributed by atoms with E-state index in [-0.39, 0.29) is 18.7 Å². The molecule has 1 aromatic carbocycles. The molecule has 0 aromatic heterocycles. The van der Waals surface area contributed by atoms with Crippen molar-refractivity contribution in [2.45, 2.75) is 19.8 Å². The first-order chi connectivity index (χ1) is 8.11. The van der Waals surface area contributed by atoms with Crippen LogP contribution in [0.4, 0.5) is 5.69 Å². The second-order valence-electron chi connectivity index (χ2n) is 3.63. The highest BCUT2D eigenvalue weighted by Crippen LogP contribution is 2.18. The topological polar surface area (TPSA) is 61.2 Å². The Labute approximate surface area is 103 Å². The third-order valence-corrected chi connectivity index (χ3v) is 4.26. The van der Waals surface area contributed by atoms with Crippen molar-refractivity contribution in [1.82, 2.24) is 0 Å². The molecule has 0 aliphatic rings. The highest BCUT2D eigenvalue weighted by molar-refractivity contribution is 7.92. The number of rotatable bonds is 6. The monoisotopic (exact) mass is 252 g/mol. The van der Waals surface area contributed by atoms with Crippen LogP contribution in [0.1, 0.15) is 19.8 Å². The molecule has 0 aliphatic heterocycles. The van der Waals surface area contributed by atoms with Crippen molar-refractivity contribution >= 4 is 15.7 Å². The summed E-state index contributed by atoms with van der Waals surface area (Å²) in [6, 6.07) is 10.9. The van der Waals surface area contributed by atoms with Crippen molar-refractivity contribution in [1.29, 1.82) is 5.26 Å². The summed E-state index contributed by atoms with van der Waals surface area (Å²) in [5, 5.41) is 8.59. The Balaban J connectivity index is 3.01. The first kappa shape index (κ1) is 13.5. The first-order valence-electron chi connectivity index (χ1n) is 5.54. The Hall–Kier alpha value is -1.54. The molecule has 0 heterocycles. The molecule has 0 bridgehead atoms. The third-order valence-electron chi connectivity index (χ3n) is 2.27. The van der Waals surface area contributed by atoms with Crippen LogP contribution in [0.15, 0.2) is 30.3 Å². The van der Waals surface area contributed by atoms with Crippen LogP contribution in [0.5, 0.6) is 0 Å². The zero-order valence-electron chi connectivity index (χ0n) is 9.83. The van der Waals surface area contributed by atoms with E-state index in [4.69, 9.17) is 5.26 Å². The van der Waals surface area contributed by atoms with E-state index in [9.17, 15) is 8.42 Å². The first-order valence-corrected chi connectivity index (χ1v) is 7.15. The molecule has 17 heavy (non-hydrogen) atoms. The normalized spacial score (nSPS) is 10.8. The lowest BCUT2D eigenvalue weighted by Gasteiger charge is -2.23. The van der Waals surface area contributed by atoms with Crippen molar-refractivity contribution in [3.63, 3.8) is 0 Å². The molecule has 0 N–H and O–H groups in total. The summed E-state index contributed by atoms with van der Waals surface area (Å²) in [4.78, 5) is 0. The Bertz CT molecular complexity index is 477. The van der Waals surface area contributed by atoms with Gasteiger partial charge >= 0.3 is 0 Å². The lowest BCUT2D eigenvalue weighted by Crippen LogP contribution is -2.33. The van der Waals surface area contributed by atoms with Gasteiger partial charge in [-0.1, -0.05) is 25.1 Å². The van der Waals surface area contributed by atoms with E-state index < -0.39 is 10.0 Å². The fourth-order valence-electron chi connectivity index (χ4n) is 1.54. The number of nitriles is 1. The Kier molecular flexibility index (Phi) is 4.98. The lowest BCUT2D eigenvalue weighted by atomic mass is 10.3. The minimum atomic E-state index is -3.32. The van der Waals surface area contributed by atoms with Gasteiger partial charge in [0.25, 0.3) is 0 Å². The van der Waals surface area contributed by atoms with Crippen molar-refractivity contribution < 1.29 is 8.42 Å². The molecule has 5 heteroatoms. The molecule has 4 nitrogen and oxygen atoms in total. The number of hydrogen-bond donors (Lipinski definition) is 0. The van der Waals surface area contributed by atoms with Gasteiger partial charge in [-0.2, -0.15) is 5.26 Å². The average molecular weight is 252 g/mol. The quantitative estimate of drug-likeness (QED) is 0.779. The summed E-state index contributed by atoms with van der Waals surface area (Å²) < 4.78 is 25.4. The van der Waals surface area contributed by atoms with Crippen molar-refractivity contribution in [3.05, 3.63) is 30.3 Å². The summed E-state index contributed by atoms with van der Waals surface area (Å²) in [6.45, 7) is 2.04. The van der Waals surface area contributed by atoms with E-state index in [0.717, 1.165) is 0 Å². The second-order valence-corrected chi connectivity index (χ2v) is 5.64. The molecular weight excluding hydrogens is 236 g/mol. The lowest BCUT2D eigenvalue weighted by molar-refractivity contribution is 0.589. The molecule has 0 saturated carbocycles. The number of anilines is 1. The van der Waals surface area contributed by atoms with E-state index in [1.54, 1.807) is 24.3 Å². The van der Waals surface area contributed by atoms with Gasteiger partial charge in [-0.25, -0.2) is 8.42 Å². The SMILES string of the molecule is CCCS(=O)(=O)N(CCC#N)c1ccccc1. The molecule has 0 atom stereocenters. The molecule has 0 radical (unpaired) electrons. The fraction of sp³-hybridized carbons (Fsp3) is 0.417. The van der Waals surface area contributed by atoms with Gasteiger partial charge < -0.3 is 0 Å². The number of hydrogen-bond acceptors (Lipinski definition) is 3. The highest BCUT2D eigenvalue weighted by Gasteiger charge is 2.20. The summed E-state index contributed by atoms with van der Waals surface area (Å²) in [7, 11) is -3.32. The summed E-state index contributed by atoms with van der Waals surface area (Å²) in [5.74, 6) is 0.104. The molecule has 0 unspecified atom stereocenters. The number of para-hydroxylation sites is 1. The van der Waals surface area contributed by atoms with Crippen LogP contribution >= 0.6 is 0 Å². The number of nitrogens with zero attached hydrogens (tertiary/aromatic N) is 2. The maximum Gasteiger partial charge on any atom is 0.235 e. The van der Waals surface area contributed by atoms with E-state index in [2.05, 4.69) is 0 Å². The molecule has 0 amide bonds. The Morgan fingerprint density at radius 2 is 1.94 bits per heavy atom. The van der Waals surface area contributed by atoms with Crippen LogP contribution < -0.4 is 4.31 Å². The maximum atomic E-state index is 12.1. The summed E-state index contributed by atoms with van der Waals surface area (Å²) >= 11 is 0. The third kappa shape index (κ3) is 3.75. The smallest absolute Gasteiger partial charge is 0.235 e. The van der Waals surface area contributed by atoms with Crippen LogP contribution in [-0.4, -0.2) is 20.7 Å². The minimum absolute atomic E-state index is 0.104. The predicted molar refractivity (Wildman–Crippen MR) is 68.1 cm³/mol. The molecule has 0 spiro atoms. The van der Waals surface area contributed by atoms with Gasteiger partial charge in [0.2, 0.25) is 10.0 Å². The van der Waals surface area contributed by atoms with Crippen LogP contribution in [0, 0.1) is 11.3 Å². The van der Waals surface area contributed by atoms with Gasteiger partial charge in [-0.05, 0) is 18.6 Å². The van der Waals surface area contributed by atoms with Crippen LogP contribution in [-0.2, 0) is 10.0 Å². The Morgan fingerprint density at radius 3 is 2.47 bits per heavy atom. The maximum absolute atomic E-state index is 12.1. The van der Waals surface area contributed by atoms with Crippen molar-refractivity contribution in [2.24, 2.45) is 0 Å².